The van der Waals surface area contributed by atoms with Gasteiger partial charge in [-0.05, 0) is 25.6 Å². The Bertz CT molecular complexity index is 526. The molecular formula is C12H15N5O. The number of hydrogen-bond acceptors (Lipinski definition) is 6. The van der Waals surface area contributed by atoms with Crippen molar-refractivity contribution < 1.29 is 4.52 Å². The third-order valence-electron chi connectivity index (χ3n) is 3.25. The smallest absolute Gasteiger partial charge is 0.244 e. The number of hydrogen-bond donors (Lipinski definition) is 1. The molecule has 2 N–H and O–H groups in total. The topological polar surface area (TPSA) is 81.1 Å². The molecule has 2 aromatic rings. The van der Waals surface area contributed by atoms with E-state index in [-0.39, 0.29) is 12.1 Å². The molecule has 0 radical (unpaired) electrons. The zero-order valence-corrected chi connectivity index (χ0v) is 10.2. The van der Waals surface area contributed by atoms with E-state index in [0.29, 0.717) is 11.7 Å². The Balaban J connectivity index is 1.86. The van der Waals surface area contributed by atoms with E-state index in [1.54, 1.807) is 12.4 Å². The van der Waals surface area contributed by atoms with Gasteiger partial charge in [0.15, 0.2) is 0 Å². The van der Waals surface area contributed by atoms with Crippen LogP contribution in [0, 0.1) is 0 Å². The van der Waals surface area contributed by atoms with Gasteiger partial charge in [-0.25, -0.2) is 0 Å². The summed E-state index contributed by atoms with van der Waals surface area (Å²) in [5.74, 6) is 1.23. The first kappa shape index (κ1) is 11.3. The number of likely N-dealkylation sites (tertiary alicyclic amines) is 1. The molecule has 3 rings (SSSR count). The van der Waals surface area contributed by atoms with E-state index >= 15 is 0 Å². The highest BCUT2D eigenvalue weighted by Crippen LogP contribution is 2.29. The number of aromatic nitrogens is 3. The molecule has 0 saturated carbocycles. The molecular weight excluding hydrogens is 230 g/mol. The van der Waals surface area contributed by atoms with Gasteiger partial charge < -0.3 is 10.3 Å². The molecule has 2 aromatic heterocycles. The predicted octanol–water partition coefficient (Wildman–Crippen LogP) is 0.835. The first-order valence-corrected chi connectivity index (χ1v) is 5.94. The SMILES string of the molecule is CN1CC(N)CC1c1nc(-c2ccncc2)no1. The minimum absolute atomic E-state index is 0.128. The Morgan fingerprint density at radius 1 is 1.39 bits per heavy atom. The summed E-state index contributed by atoms with van der Waals surface area (Å²) in [6.07, 6.45) is 4.28. The molecule has 0 aliphatic carbocycles. The van der Waals surface area contributed by atoms with E-state index < -0.39 is 0 Å². The molecule has 0 aromatic carbocycles. The molecule has 0 amide bonds. The van der Waals surface area contributed by atoms with Gasteiger partial charge >= 0.3 is 0 Å². The lowest BCUT2D eigenvalue weighted by atomic mass is 10.2. The summed E-state index contributed by atoms with van der Waals surface area (Å²) in [7, 11) is 2.02. The maximum Gasteiger partial charge on any atom is 0.244 e. The molecule has 0 spiro atoms. The van der Waals surface area contributed by atoms with E-state index in [1.165, 1.54) is 0 Å². The van der Waals surface area contributed by atoms with Crippen molar-refractivity contribution >= 4 is 0 Å². The highest BCUT2D eigenvalue weighted by Gasteiger charge is 2.32. The van der Waals surface area contributed by atoms with Gasteiger partial charge in [0.2, 0.25) is 11.7 Å². The molecule has 6 nitrogen and oxygen atoms in total. The minimum atomic E-state index is 0.128. The quantitative estimate of drug-likeness (QED) is 0.844. The molecule has 1 saturated heterocycles. The van der Waals surface area contributed by atoms with Crippen molar-refractivity contribution in [3.8, 4) is 11.4 Å². The van der Waals surface area contributed by atoms with E-state index in [4.69, 9.17) is 10.3 Å². The van der Waals surface area contributed by atoms with Gasteiger partial charge in [-0.2, -0.15) is 4.98 Å². The Morgan fingerprint density at radius 2 is 2.17 bits per heavy atom. The zero-order valence-electron chi connectivity index (χ0n) is 10.2. The average Bonchev–Trinajstić information content (AvgIpc) is 2.97. The molecule has 2 atom stereocenters. The summed E-state index contributed by atoms with van der Waals surface area (Å²) in [4.78, 5) is 10.6. The van der Waals surface area contributed by atoms with Crippen molar-refractivity contribution in [3.63, 3.8) is 0 Å². The lowest BCUT2D eigenvalue weighted by Crippen LogP contribution is -2.24. The van der Waals surface area contributed by atoms with Gasteiger partial charge in [-0.15, -0.1) is 0 Å². The largest absolute Gasteiger partial charge is 0.337 e. The van der Waals surface area contributed by atoms with Crippen molar-refractivity contribution in [2.24, 2.45) is 5.73 Å². The minimum Gasteiger partial charge on any atom is -0.337 e. The first-order valence-electron chi connectivity index (χ1n) is 5.94. The number of nitrogens with two attached hydrogens (primary N) is 1. The van der Waals surface area contributed by atoms with Crippen molar-refractivity contribution in [1.29, 1.82) is 0 Å². The van der Waals surface area contributed by atoms with Crippen LogP contribution >= 0.6 is 0 Å². The fourth-order valence-corrected chi connectivity index (χ4v) is 2.32. The number of likely N-dealkylation sites (N-methyl/N-ethyl adjacent to an activating group) is 1. The van der Waals surface area contributed by atoms with Crippen LogP contribution in [0.1, 0.15) is 18.4 Å². The summed E-state index contributed by atoms with van der Waals surface area (Å²) in [6.45, 7) is 0.859. The second kappa shape index (κ2) is 4.47. The van der Waals surface area contributed by atoms with E-state index in [2.05, 4.69) is 20.0 Å². The Labute approximate surface area is 105 Å². The normalized spacial score (nSPS) is 24.6. The Hall–Kier alpha value is -1.79. The number of nitrogens with zero attached hydrogens (tertiary/aromatic N) is 4. The van der Waals surface area contributed by atoms with Crippen LogP contribution in [0.5, 0.6) is 0 Å². The number of pyridine rings is 1. The third kappa shape index (κ3) is 2.00. The number of rotatable bonds is 2. The lowest BCUT2D eigenvalue weighted by Gasteiger charge is -2.13. The van der Waals surface area contributed by atoms with Crippen molar-refractivity contribution in [2.45, 2.75) is 18.5 Å². The van der Waals surface area contributed by atoms with Crippen LogP contribution < -0.4 is 5.73 Å². The molecule has 2 unspecified atom stereocenters. The standard InChI is InChI=1S/C12H15N5O/c1-17-7-9(13)6-10(17)12-15-11(16-18-12)8-2-4-14-5-3-8/h2-5,9-10H,6-7,13H2,1H3. The van der Waals surface area contributed by atoms with Gasteiger partial charge in [0.25, 0.3) is 0 Å². The lowest BCUT2D eigenvalue weighted by molar-refractivity contribution is 0.244. The zero-order chi connectivity index (χ0) is 12.5. The molecule has 1 aliphatic rings. The van der Waals surface area contributed by atoms with Gasteiger partial charge in [0.05, 0.1) is 6.04 Å². The Morgan fingerprint density at radius 3 is 2.83 bits per heavy atom. The van der Waals surface area contributed by atoms with E-state index in [0.717, 1.165) is 18.5 Å². The molecule has 6 heteroatoms. The second-order valence-corrected chi connectivity index (χ2v) is 4.64. The molecule has 1 aliphatic heterocycles. The summed E-state index contributed by atoms with van der Waals surface area (Å²) >= 11 is 0. The maximum atomic E-state index is 5.93. The average molecular weight is 245 g/mol. The van der Waals surface area contributed by atoms with E-state index in [1.807, 2.05) is 19.2 Å². The molecule has 18 heavy (non-hydrogen) atoms. The van der Waals surface area contributed by atoms with Gasteiger partial charge in [0, 0.05) is 30.5 Å². The first-order chi connectivity index (χ1) is 8.74. The fourth-order valence-electron chi connectivity index (χ4n) is 2.32. The highest BCUT2D eigenvalue weighted by molar-refractivity contribution is 5.52. The monoisotopic (exact) mass is 245 g/mol. The molecule has 1 fully saturated rings. The molecule has 3 heterocycles. The van der Waals surface area contributed by atoms with Crippen LogP contribution in [-0.4, -0.2) is 39.7 Å². The van der Waals surface area contributed by atoms with Crippen LogP contribution in [-0.2, 0) is 0 Å². The van der Waals surface area contributed by atoms with Gasteiger partial charge in [0.1, 0.15) is 0 Å². The molecule has 0 bridgehead atoms. The van der Waals surface area contributed by atoms with Crippen LogP contribution in [0.25, 0.3) is 11.4 Å². The van der Waals surface area contributed by atoms with Gasteiger partial charge in [-0.1, -0.05) is 5.16 Å². The summed E-state index contributed by atoms with van der Waals surface area (Å²) < 4.78 is 5.34. The van der Waals surface area contributed by atoms with Crippen LogP contribution in [0.15, 0.2) is 29.0 Å². The predicted molar refractivity (Wildman–Crippen MR) is 65.5 cm³/mol. The van der Waals surface area contributed by atoms with Crippen LogP contribution in [0.3, 0.4) is 0 Å². The fraction of sp³-hybridized carbons (Fsp3) is 0.417. The summed E-state index contributed by atoms with van der Waals surface area (Å²) in [6, 6.07) is 4.02. The van der Waals surface area contributed by atoms with Crippen molar-refractivity contribution in [2.75, 3.05) is 13.6 Å². The van der Waals surface area contributed by atoms with Crippen LogP contribution in [0.2, 0.25) is 0 Å². The maximum absolute atomic E-state index is 5.93. The van der Waals surface area contributed by atoms with Crippen molar-refractivity contribution in [3.05, 3.63) is 30.4 Å². The second-order valence-electron chi connectivity index (χ2n) is 4.64. The van der Waals surface area contributed by atoms with Crippen molar-refractivity contribution in [1.82, 2.24) is 20.0 Å². The van der Waals surface area contributed by atoms with Crippen LogP contribution in [0.4, 0.5) is 0 Å². The van der Waals surface area contributed by atoms with Gasteiger partial charge in [-0.3, -0.25) is 9.88 Å². The third-order valence-corrected chi connectivity index (χ3v) is 3.25. The Kier molecular flexibility index (Phi) is 2.81. The molecule has 94 valence electrons. The summed E-state index contributed by atoms with van der Waals surface area (Å²) in [5.41, 5.74) is 6.84. The highest BCUT2D eigenvalue weighted by atomic mass is 16.5. The summed E-state index contributed by atoms with van der Waals surface area (Å²) in [5, 5.41) is 4.01. The van der Waals surface area contributed by atoms with E-state index in [9.17, 15) is 0 Å².